The summed E-state index contributed by atoms with van der Waals surface area (Å²) < 4.78 is 27.8. The summed E-state index contributed by atoms with van der Waals surface area (Å²) in [6.07, 6.45) is 0. The second-order valence-electron chi connectivity index (χ2n) is 2.84. The monoisotopic (exact) mass is 230 g/mol. The van der Waals surface area contributed by atoms with E-state index in [0.29, 0.717) is 0 Å². The highest BCUT2D eigenvalue weighted by Crippen LogP contribution is 2.30. The molecule has 0 aromatic heterocycles. The van der Waals surface area contributed by atoms with Crippen LogP contribution in [0.3, 0.4) is 0 Å². The van der Waals surface area contributed by atoms with Crippen molar-refractivity contribution in [3.05, 3.63) is 23.5 Å². The molecule has 88 valence electrons. The van der Waals surface area contributed by atoms with Crippen LogP contribution in [0.5, 0.6) is 11.5 Å². The highest BCUT2D eigenvalue weighted by atomic mass is 19.1. The zero-order valence-corrected chi connectivity index (χ0v) is 8.82. The van der Waals surface area contributed by atoms with Crippen LogP contribution in [0.1, 0.15) is 10.4 Å². The molecule has 0 aliphatic heterocycles. The van der Waals surface area contributed by atoms with Crippen LogP contribution in [0.2, 0.25) is 0 Å². The van der Waals surface area contributed by atoms with Crippen LogP contribution in [0.4, 0.5) is 4.39 Å². The maximum atomic E-state index is 13.3. The first-order valence-electron chi connectivity index (χ1n) is 4.32. The maximum Gasteiger partial charge on any atom is 0.338 e. The van der Waals surface area contributed by atoms with Gasteiger partial charge in [-0.15, -0.1) is 0 Å². The average Bonchev–Trinajstić information content (AvgIpc) is 2.25. The number of carboxylic acid groups (broad SMARTS) is 1. The van der Waals surface area contributed by atoms with E-state index in [9.17, 15) is 9.18 Å². The molecule has 0 aliphatic rings. The summed E-state index contributed by atoms with van der Waals surface area (Å²) in [5.74, 6) is -2.03. The Hall–Kier alpha value is -1.82. The topological polar surface area (TPSA) is 65.0 Å². The van der Waals surface area contributed by atoms with Crippen molar-refractivity contribution in [3.8, 4) is 11.5 Å². The van der Waals surface area contributed by atoms with Crippen molar-refractivity contribution in [2.75, 3.05) is 21.0 Å². The van der Waals surface area contributed by atoms with Crippen molar-refractivity contribution in [1.29, 1.82) is 0 Å². The van der Waals surface area contributed by atoms with E-state index in [0.717, 1.165) is 12.1 Å². The van der Waals surface area contributed by atoms with Crippen molar-refractivity contribution in [2.24, 2.45) is 0 Å². The largest absolute Gasteiger partial charge is 0.493 e. The smallest absolute Gasteiger partial charge is 0.338 e. The van der Waals surface area contributed by atoms with Gasteiger partial charge >= 0.3 is 5.97 Å². The van der Waals surface area contributed by atoms with Crippen LogP contribution >= 0.6 is 0 Å². The third-order valence-corrected chi connectivity index (χ3v) is 1.82. The van der Waals surface area contributed by atoms with Gasteiger partial charge < -0.3 is 19.3 Å². The van der Waals surface area contributed by atoms with Crippen LogP contribution < -0.4 is 9.47 Å². The first-order chi connectivity index (χ1) is 7.60. The molecule has 16 heavy (non-hydrogen) atoms. The minimum atomic E-state index is -1.37. The van der Waals surface area contributed by atoms with Gasteiger partial charge in [0.05, 0.1) is 12.7 Å². The molecule has 0 aliphatic carbocycles. The Balaban J connectivity index is 3.10. The lowest BCUT2D eigenvalue weighted by Gasteiger charge is -2.10. The summed E-state index contributed by atoms with van der Waals surface area (Å²) in [4.78, 5) is 10.7. The molecule has 0 bridgehead atoms. The lowest BCUT2D eigenvalue weighted by Crippen LogP contribution is -2.05. The Morgan fingerprint density at radius 3 is 2.56 bits per heavy atom. The summed E-state index contributed by atoms with van der Waals surface area (Å²) >= 11 is 0. The van der Waals surface area contributed by atoms with Gasteiger partial charge in [-0.25, -0.2) is 9.18 Å². The van der Waals surface area contributed by atoms with Crippen molar-refractivity contribution in [2.45, 2.75) is 0 Å². The number of rotatable bonds is 5. The SMILES string of the molecule is COCOc1cc(F)c(C(=O)O)cc1OC. The number of hydrogen-bond acceptors (Lipinski definition) is 4. The van der Waals surface area contributed by atoms with Gasteiger partial charge in [0, 0.05) is 19.2 Å². The van der Waals surface area contributed by atoms with E-state index in [-0.39, 0.29) is 18.3 Å². The zero-order valence-electron chi connectivity index (χ0n) is 8.82. The van der Waals surface area contributed by atoms with E-state index < -0.39 is 17.3 Å². The number of methoxy groups -OCH3 is 2. The average molecular weight is 230 g/mol. The van der Waals surface area contributed by atoms with Crippen molar-refractivity contribution >= 4 is 5.97 Å². The number of carboxylic acids is 1. The minimum Gasteiger partial charge on any atom is -0.493 e. The fourth-order valence-electron chi connectivity index (χ4n) is 1.09. The van der Waals surface area contributed by atoms with Gasteiger partial charge in [0.25, 0.3) is 0 Å². The minimum absolute atomic E-state index is 0.0811. The predicted molar refractivity (Wildman–Crippen MR) is 52.4 cm³/mol. The Morgan fingerprint density at radius 2 is 2.06 bits per heavy atom. The summed E-state index contributed by atoms with van der Waals surface area (Å²) in [6.45, 7) is -0.0811. The molecule has 0 amide bonds. The summed E-state index contributed by atoms with van der Waals surface area (Å²) in [5.41, 5.74) is -0.471. The van der Waals surface area contributed by atoms with E-state index in [1.54, 1.807) is 0 Å². The van der Waals surface area contributed by atoms with Crippen LogP contribution in [-0.4, -0.2) is 32.1 Å². The first-order valence-corrected chi connectivity index (χ1v) is 4.32. The van der Waals surface area contributed by atoms with E-state index in [2.05, 4.69) is 4.74 Å². The highest BCUT2D eigenvalue weighted by molar-refractivity contribution is 5.88. The van der Waals surface area contributed by atoms with Gasteiger partial charge in [-0.3, -0.25) is 0 Å². The quantitative estimate of drug-likeness (QED) is 0.777. The lowest BCUT2D eigenvalue weighted by atomic mass is 10.2. The van der Waals surface area contributed by atoms with Crippen molar-refractivity contribution in [1.82, 2.24) is 0 Å². The number of aromatic carboxylic acids is 1. The zero-order chi connectivity index (χ0) is 12.1. The highest BCUT2D eigenvalue weighted by Gasteiger charge is 2.16. The molecule has 0 heterocycles. The molecule has 0 saturated heterocycles. The molecule has 6 heteroatoms. The lowest BCUT2D eigenvalue weighted by molar-refractivity contribution is 0.0488. The van der Waals surface area contributed by atoms with Crippen molar-refractivity contribution in [3.63, 3.8) is 0 Å². The molecule has 0 spiro atoms. The number of ether oxygens (including phenoxy) is 3. The Kier molecular flexibility index (Phi) is 4.07. The van der Waals surface area contributed by atoms with Crippen molar-refractivity contribution < 1.29 is 28.5 Å². The molecule has 0 fully saturated rings. The molecule has 0 radical (unpaired) electrons. The normalized spacial score (nSPS) is 9.94. The molecule has 1 aromatic rings. The molecule has 0 saturated carbocycles. The van der Waals surface area contributed by atoms with E-state index in [1.165, 1.54) is 14.2 Å². The van der Waals surface area contributed by atoms with Crippen LogP contribution in [0, 0.1) is 5.82 Å². The second kappa shape index (κ2) is 5.32. The summed E-state index contributed by atoms with van der Waals surface area (Å²) in [6, 6.07) is 2.00. The molecule has 0 unspecified atom stereocenters. The molecular formula is C10H11FO5. The molecule has 1 aromatic carbocycles. The van der Waals surface area contributed by atoms with Gasteiger partial charge in [0.2, 0.25) is 0 Å². The third-order valence-electron chi connectivity index (χ3n) is 1.82. The Bertz CT molecular complexity index is 391. The van der Waals surface area contributed by atoms with Gasteiger partial charge in [-0.1, -0.05) is 0 Å². The summed E-state index contributed by atoms with van der Waals surface area (Å²) in [5, 5.41) is 8.69. The first kappa shape index (κ1) is 12.3. The Labute approximate surface area is 91.4 Å². The van der Waals surface area contributed by atoms with Crippen LogP contribution in [0.15, 0.2) is 12.1 Å². The standard InChI is InChI=1S/C10H11FO5/c1-14-5-16-9-4-7(11)6(10(12)13)3-8(9)15-2/h3-4H,5H2,1-2H3,(H,12,13). The molecule has 5 nitrogen and oxygen atoms in total. The van der Waals surface area contributed by atoms with E-state index in [1.807, 2.05) is 0 Å². The predicted octanol–water partition coefficient (Wildman–Crippen LogP) is 1.52. The number of carbonyl (C=O) groups is 1. The second-order valence-corrected chi connectivity index (χ2v) is 2.84. The maximum absolute atomic E-state index is 13.3. The molecule has 1 N–H and O–H groups in total. The fourth-order valence-corrected chi connectivity index (χ4v) is 1.09. The third kappa shape index (κ3) is 2.60. The van der Waals surface area contributed by atoms with Crippen LogP contribution in [0.25, 0.3) is 0 Å². The molecule has 1 rings (SSSR count). The molecule has 0 atom stereocenters. The number of hydrogen-bond donors (Lipinski definition) is 1. The molecular weight excluding hydrogens is 219 g/mol. The summed E-state index contributed by atoms with van der Waals surface area (Å²) in [7, 11) is 2.74. The number of halogens is 1. The van der Waals surface area contributed by atoms with Gasteiger partial charge in [0.1, 0.15) is 5.82 Å². The van der Waals surface area contributed by atoms with Gasteiger partial charge in [-0.2, -0.15) is 0 Å². The fraction of sp³-hybridized carbons (Fsp3) is 0.300. The van der Waals surface area contributed by atoms with Gasteiger partial charge in [0.15, 0.2) is 18.3 Å². The Morgan fingerprint density at radius 1 is 1.38 bits per heavy atom. The number of benzene rings is 1. The van der Waals surface area contributed by atoms with Gasteiger partial charge in [-0.05, 0) is 0 Å². The van der Waals surface area contributed by atoms with Crippen LogP contribution in [-0.2, 0) is 4.74 Å². The van der Waals surface area contributed by atoms with E-state index >= 15 is 0 Å². The van der Waals surface area contributed by atoms with E-state index in [4.69, 9.17) is 14.6 Å².